The first-order valence-electron chi connectivity index (χ1n) is 7.94. The Morgan fingerprint density at radius 1 is 0.588 bits per heavy atom. The molecule has 0 N–H and O–H groups in total. The molecule has 17 heavy (non-hydrogen) atoms. The highest BCUT2D eigenvalue weighted by Crippen LogP contribution is 2.37. The summed E-state index contributed by atoms with van der Waals surface area (Å²) in [6.07, 6.45) is 17.9. The molecule has 1 heteroatoms. The molecule has 2 unspecified atom stereocenters. The quantitative estimate of drug-likeness (QED) is 0.628. The van der Waals surface area contributed by atoms with Crippen molar-refractivity contribution in [1.29, 1.82) is 0 Å². The minimum Gasteiger partial charge on any atom is -0.381 e. The number of ether oxygens (including phenoxy) is 1. The lowest BCUT2D eigenvalue weighted by Gasteiger charge is -2.37. The van der Waals surface area contributed by atoms with Crippen molar-refractivity contribution in [2.45, 2.75) is 83.2 Å². The summed E-state index contributed by atoms with van der Waals surface area (Å²) in [5, 5.41) is 0. The Hall–Kier alpha value is -0.0400. The molecule has 0 heterocycles. The lowest BCUT2D eigenvalue weighted by Crippen LogP contribution is -2.35. The zero-order valence-electron chi connectivity index (χ0n) is 11.6. The molecule has 0 radical (unpaired) electrons. The van der Waals surface area contributed by atoms with E-state index in [1.807, 2.05) is 7.11 Å². The smallest absolute Gasteiger partial charge is 0.0627 e. The van der Waals surface area contributed by atoms with E-state index in [0.717, 1.165) is 11.8 Å². The molecule has 0 aromatic rings. The van der Waals surface area contributed by atoms with Crippen LogP contribution in [0.2, 0.25) is 0 Å². The summed E-state index contributed by atoms with van der Waals surface area (Å²) in [4.78, 5) is 0. The molecule has 2 rings (SSSR count). The third-order valence-corrected chi connectivity index (χ3v) is 5.00. The van der Waals surface area contributed by atoms with E-state index in [-0.39, 0.29) is 0 Å². The average Bonchev–Trinajstić information content (AvgIpc) is 2.35. The zero-order valence-corrected chi connectivity index (χ0v) is 11.6. The largest absolute Gasteiger partial charge is 0.381 e. The van der Waals surface area contributed by atoms with Crippen LogP contribution in [0.15, 0.2) is 0 Å². The second kappa shape index (κ2) is 7.41. The van der Waals surface area contributed by atoms with Crippen molar-refractivity contribution in [3.05, 3.63) is 0 Å². The van der Waals surface area contributed by atoms with Crippen molar-refractivity contribution in [1.82, 2.24) is 0 Å². The maximum Gasteiger partial charge on any atom is 0.0627 e. The van der Waals surface area contributed by atoms with Gasteiger partial charge in [-0.25, -0.2) is 0 Å². The number of methoxy groups -OCH3 is 1. The summed E-state index contributed by atoms with van der Waals surface area (Å²) >= 11 is 0. The monoisotopic (exact) mass is 238 g/mol. The highest BCUT2D eigenvalue weighted by Gasteiger charge is 2.32. The summed E-state index contributed by atoms with van der Waals surface area (Å²) in [5.41, 5.74) is 0. The highest BCUT2D eigenvalue weighted by molar-refractivity contribution is 4.83. The molecule has 2 aliphatic rings. The second-order valence-corrected chi connectivity index (χ2v) is 6.20. The maximum atomic E-state index is 5.86. The van der Waals surface area contributed by atoms with Gasteiger partial charge < -0.3 is 4.74 Å². The van der Waals surface area contributed by atoms with Crippen molar-refractivity contribution < 1.29 is 4.74 Å². The highest BCUT2D eigenvalue weighted by atomic mass is 16.5. The third kappa shape index (κ3) is 3.98. The van der Waals surface area contributed by atoms with Gasteiger partial charge in [0.25, 0.3) is 0 Å². The fourth-order valence-corrected chi connectivity index (χ4v) is 4.05. The van der Waals surface area contributed by atoms with E-state index < -0.39 is 0 Å². The first-order valence-corrected chi connectivity index (χ1v) is 7.94. The molecule has 1 nitrogen and oxygen atoms in total. The zero-order chi connectivity index (χ0) is 11.9. The molecule has 2 atom stereocenters. The van der Waals surface area contributed by atoms with Crippen molar-refractivity contribution in [2.75, 3.05) is 7.11 Å². The average molecular weight is 238 g/mol. The van der Waals surface area contributed by atoms with E-state index >= 15 is 0 Å². The third-order valence-electron chi connectivity index (χ3n) is 5.00. The molecule has 0 spiro atoms. The van der Waals surface area contributed by atoms with E-state index in [1.54, 1.807) is 0 Å². The molecule has 2 fully saturated rings. The van der Waals surface area contributed by atoms with Gasteiger partial charge in [-0.05, 0) is 37.5 Å². The van der Waals surface area contributed by atoms with Crippen LogP contribution in [-0.2, 0) is 4.74 Å². The summed E-state index contributed by atoms with van der Waals surface area (Å²) in [7, 11) is 1.95. The Bertz CT molecular complexity index is 184. The van der Waals surface area contributed by atoms with Gasteiger partial charge in [0, 0.05) is 7.11 Å². The number of hydrogen-bond donors (Lipinski definition) is 0. The van der Waals surface area contributed by atoms with Gasteiger partial charge in [-0.15, -0.1) is 0 Å². The van der Waals surface area contributed by atoms with Crippen LogP contribution in [0.1, 0.15) is 77.0 Å². The summed E-state index contributed by atoms with van der Waals surface area (Å²) < 4.78 is 5.86. The van der Waals surface area contributed by atoms with Crippen LogP contribution in [0, 0.1) is 11.8 Å². The van der Waals surface area contributed by atoms with Crippen LogP contribution in [0.25, 0.3) is 0 Å². The summed E-state index contributed by atoms with van der Waals surface area (Å²) in [5.74, 6) is 1.75. The predicted octanol–water partition coefficient (Wildman–Crippen LogP) is 4.94. The summed E-state index contributed by atoms with van der Waals surface area (Å²) in [6.45, 7) is 0. The fourth-order valence-electron chi connectivity index (χ4n) is 4.05. The van der Waals surface area contributed by atoms with Crippen LogP contribution in [0.4, 0.5) is 0 Å². The van der Waals surface area contributed by atoms with E-state index in [1.165, 1.54) is 77.0 Å². The normalized spacial score (nSPS) is 36.9. The van der Waals surface area contributed by atoms with Crippen LogP contribution in [-0.4, -0.2) is 13.2 Å². The molecule has 2 saturated carbocycles. The number of fused-ring (bicyclic) bond motifs is 2. The van der Waals surface area contributed by atoms with Gasteiger partial charge in [0.1, 0.15) is 0 Å². The van der Waals surface area contributed by atoms with Gasteiger partial charge in [0.15, 0.2) is 0 Å². The van der Waals surface area contributed by atoms with Crippen LogP contribution < -0.4 is 0 Å². The molecule has 0 amide bonds. The Labute approximate surface area is 107 Å². The minimum absolute atomic E-state index is 0.586. The van der Waals surface area contributed by atoms with Gasteiger partial charge in [0.05, 0.1) is 6.10 Å². The number of hydrogen-bond acceptors (Lipinski definition) is 1. The summed E-state index contributed by atoms with van der Waals surface area (Å²) in [6, 6.07) is 0. The molecular weight excluding hydrogens is 208 g/mol. The van der Waals surface area contributed by atoms with E-state index in [2.05, 4.69) is 0 Å². The van der Waals surface area contributed by atoms with Gasteiger partial charge in [-0.1, -0.05) is 51.4 Å². The molecule has 0 aromatic heterocycles. The van der Waals surface area contributed by atoms with E-state index in [0.29, 0.717) is 6.10 Å². The molecule has 100 valence electrons. The standard InChI is InChI=1S/C16H30O/c1-17-16-14-10-7-5-3-2-4-6-8-11-15(16)13-9-12-14/h14-16H,2-13H2,1H3. The Balaban J connectivity index is 1.92. The first kappa shape index (κ1) is 13.4. The lowest BCUT2D eigenvalue weighted by atomic mass is 9.74. The second-order valence-electron chi connectivity index (χ2n) is 6.20. The van der Waals surface area contributed by atoms with E-state index in [9.17, 15) is 0 Å². The predicted molar refractivity (Wildman–Crippen MR) is 73.2 cm³/mol. The van der Waals surface area contributed by atoms with E-state index in [4.69, 9.17) is 4.74 Å². The Morgan fingerprint density at radius 3 is 1.47 bits per heavy atom. The molecule has 2 bridgehead atoms. The van der Waals surface area contributed by atoms with Crippen molar-refractivity contribution in [3.8, 4) is 0 Å². The first-order chi connectivity index (χ1) is 8.42. The van der Waals surface area contributed by atoms with Crippen LogP contribution >= 0.6 is 0 Å². The Morgan fingerprint density at radius 2 is 1.00 bits per heavy atom. The van der Waals surface area contributed by atoms with Crippen molar-refractivity contribution in [3.63, 3.8) is 0 Å². The van der Waals surface area contributed by atoms with Crippen LogP contribution in [0.3, 0.4) is 0 Å². The van der Waals surface area contributed by atoms with Gasteiger partial charge >= 0.3 is 0 Å². The van der Waals surface area contributed by atoms with Crippen LogP contribution in [0.5, 0.6) is 0 Å². The van der Waals surface area contributed by atoms with Gasteiger partial charge in [0.2, 0.25) is 0 Å². The van der Waals surface area contributed by atoms with Gasteiger partial charge in [-0.3, -0.25) is 0 Å². The maximum absolute atomic E-state index is 5.86. The molecular formula is C16H30O. The SMILES string of the molecule is COC1C2CCCCCCCCCC1CCC2. The molecule has 0 aromatic carbocycles. The van der Waals surface area contributed by atoms with Gasteiger partial charge in [-0.2, -0.15) is 0 Å². The lowest BCUT2D eigenvalue weighted by molar-refractivity contribution is -0.0273. The molecule has 2 aliphatic carbocycles. The topological polar surface area (TPSA) is 9.23 Å². The molecule has 0 aliphatic heterocycles. The Kier molecular flexibility index (Phi) is 5.84. The van der Waals surface area contributed by atoms with Crippen molar-refractivity contribution in [2.24, 2.45) is 11.8 Å². The fraction of sp³-hybridized carbons (Fsp3) is 1.00. The number of rotatable bonds is 1. The van der Waals surface area contributed by atoms with Crippen molar-refractivity contribution >= 4 is 0 Å². The molecule has 0 saturated heterocycles. The minimum atomic E-state index is 0.586.